The molecule has 27 heavy (non-hydrogen) atoms. The van der Waals surface area contributed by atoms with Gasteiger partial charge in [-0.1, -0.05) is 41.9 Å². The third kappa shape index (κ3) is 5.37. The smallest absolute Gasteiger partial charge is 0.227 e. The van der Waals surface area contributed by atoms with Gasteiger partial charge in [-0.15, -0.1) is 0 Å². The van der Waals surface area contributed by atoms with Gasteiger partial charge in [-0.3, -0.25) is 4.79 Å². The number of carbonyl (C=O) groups excluding carboxylic acids is 1. The van der Waals surface area contributed by atoms with Crippen molar-refractivity contribution in [1.29, 1.82) is 0 Å². The Morgan fingerprint density at radius 1 is 1.04 bits per heavy atom. The molecule has 5 nitrogen and oxygen atoms in total. The maximum Gasteiger partial charge on any atom is 0.227 e. The summed E-state index contributed by atoms with van der Waals surface area (Å²) < 4.78 is 11.2. The summed E-state index contributed by atoms with van der Waals surface area (Å²) in [4.78, 5) is 17.0. The Bertz CT molecular complexity index is 780. The largest absolute Gasteiger partial charge is 0.486 e. The maximum absolute atomic E-state index is 13.0. The average Bonchev–Trinajstić information content (AvgIpc) is 2.65. The summed E-state index contributed by atoms with van der Waals surface area (Å²) in [5, 5.41) is 0.484. The first-order valence-electron chi connectivity index (χ1n) is 9.07. The summed E-state index contributed by atoms with van der Waals surface area (Å²) in [7, 11) is 4.01. The Balaban J connectivity index is 1.74. The van der Waals surface area contributed by atoms with E-state index in [1.54, 1.807) is 6.07 Å². The first-order chi connectivity index (χ1) is 13.0. The second-order valence-electron chi connectivity index (χ2n) is 6.88. The highest BCUT2D eigenvalue weighted by Gasteiger charge is 2.20. The molecule has 1 aliphatic heterocycles. The highest BCUT2D eigenvalue weighted by Crippen LogP contribution is 2.38. The lowest BCUT2D eigenvalue weighted by Gasteiger charge is -2.25. The van der Waals surface area contributed by atoms with Gasteiger partial charge in [-0.05, 0) is 37.4 Å². The first kappa shape index (κ1) is 19.5. The normalized spacial score (nSPS) is 12.9. The molecule has 0 saturated heterocycles. The Kier molecular flexibility index (Phi) is 6.58. The molecule has 0 unspecified atom stereocenters. The topological polar surface area (TPSA) is 42.0 Å². The Morgan fingerprint density at radius 3 is 2.52 bits per heavy atom. The van der Waals surface area contributed by atoms with Crippen LogP contribution in [-0.4, -0.2) is 56.1 Å². The molecule has 1 heterocycles. The van der Waals surface area contributed by atoms with Gasteiger partial charge < -0.3 is 19.3 Å². The molecule has 0 aromatic heterocycles. The molecule has 1 aliphatic rings. The van der Waals surface area contributed by atoms with Crippen molar-refractivity contribution in [1.82, 2.24) is 9.80 Å². The minimum absolute atomic E-state index is 0.0634. The van der Waals surface area contributed by atoms with E-state index in [-0.39, 0.29) is 12.3 Å². The van der Waals surface area contributed by atoms with Crippen LogP contribution in [-0.2, 0) is 17.8 Å². The van der Waals surface area contributed by atoms with Gasteiger partial charge in [0.25, 0.3) is 0 Å². The van der Waals surface area contributed by atoms with E-state index in [9.17, 15) is 4.79 Å². The zero-order valence-electron chi connectivity index (χ0n) is 15.8. The van der Waals surface area contributed by atoms with E-state index < -0.39 is 0 Å². The molecule has 0 radical (unpaired) electrons. The maximum atomic E-state index is 13.0. The van der Waals surface area contributed by atoms with Crippen LogP contribution in [0.5, 0.6) is 11.5 Å². The van der Waals surface area contributed by atoms with Crippen molar-refractivity contribution >= 4 is 17.5 Å². The van der Waals surface area contributed by atoms with Crippen LogP contribution < -0.4 is 9.47 Å². The van der Waals surface area contributed by atoms with Gasteiger partial charge in [0.2, 0.25) is 5.91 Å². The zero-order valence-corrected chi connectivity index (χ0v) is 16.5. The van der Waals surface area contributed by atoms with E-state index in [1.807, 2.05) is 55.4 Å². The molecule has 0 atom stereocenters. The highest BCUT2D eigenvalue weighted by molar-refractivity contribution is 6.32. The lowest BCUT2D eigenvalue weighted by molar-refractivity contribution is -0.131. The van der Waals surface area contributed by atoms with Crippen molar-refractivity contribution < 1.29 is 14.3 Å². The molecule has 0 bridgehead atoms. The van der Waals surface area contributed by atoms with Crippen LogP contribution in [0, 0.1) is 0 Å². The van der Waals surface area contributed by atoms with Crippen LogP contribution in [0.2, 0.25) is 5.02 Å². The van der Waals surface area contributed by atoms with Gasteiger partial charge in [0.05, 0.1) is 11.4 Å². The molecular weight excluding hydrogens is 364 g/mol. The summed E-state index contributed by atoms with van der Waals surface area (Å²) in [5.74, 6) is 1.24. The Morgan fingerprint density at radius 2 is 1.78 bits per heavy atom. The second-order valence-corrected chi connectivity index (χ2v) is 7.29. The van der Waals surface area contributed by atoms with E-state index >= 15 is 0 Å². The summed E-state index contributed by atoms with van der Waals surface area (Å²) in [6, 6.07) is 13.7. The predicted molar refractivity (Wildman–Crippen MR) is 107 cm³/mol. The number of likely N-dealkylation sites (N-methyl/N-ethyl adjacent to an activating group) is 1. The van der Waals surface area contributed by atoms with Crippen LogP contribution in [0.4, 0.5) is 0 Å². The van der Waals surface area contributed by atoms with E-state index in [4.69, 9.17) is 21.1 Å². The number of hydrogen-bond acceptors (Lipinski definition) is 4. The number of fused-ring (bicyclic) bond motifs is 1. The van der Waals surface area contributed by atoms with E-state index in [1.165, 1.54) is 0 Å². The van der Waals surface area contributed by atoms with Crippen molar-refractivity contribution in [2.24, 2.45) is 0 Å². The highest BCUT2D eigenvalue weighted by atomic mass is 35.5. The molecule has 3 rings (SSSR count). The number of amides is 1. The van der Waals surface area contributed by atoms with E-state index in [0.29, 0.717) is 42.8 Å². The van der Waals surface area contributed by atoms with Crippen LogP contribution in [0.25, 0.3) is 0 Å². The van der Waals surface area contributed by atoms with Crippen molar-refractivity contribution in [3.63, 3.8) is 0 Å². The van der Waals surface area contributed by atoms with E-state index in [2.05, 4.69) is 4.90 Å². The second kappa shape index (κ2) is 9.11. The number of halogens is 1. The molecular formula is C21H25ClN2O3. The third-order valence-electron chi connectivity index (χ3n) is 4.40. The molecule has 0 spiro atoms. The van der Waals surface area contributed by atoms with Crippen molar-refractivity contribution in [2.75, 3.05) is 40.4 Å². The number of ether oxygens (including phenoxy) is 2. The summed E-state index contributed by atoms with van der Waals surface area (Å²) >= 11 is 6.31. The minimum Gasteiger partial charge on any atom is -0.486 e. The molecule has 0 saturated carbocycles. The minimum atomic E-state index is 0.0634. The number of rotatable bonds is 7. The molecule has 0 aliphatic carbocycles. The Hall–Kier alpha value is -2.24. The summed E-state index contributed by atoms with van der Waals surface area (Å²) in [6.45, 7) is 3.04. The van der Waals surface area contributed by atoms with Crippen molar-refractivity contribution in [3.8, 4) is 11.5 Å². The number of benzene rings is 2. The average molecular weight is 389 g/mol. The molecule has 144 valence electrons. The van der Waals surface area contributed by atoms with Gasteiger partial charge in [-0.25, -0.2) is 0 Å². The van der Waals surface area contributed by atoms with Crippen LogP contribution in [0.3, 0.4) is 0 Å². The van der Waals surface area contributed by atoms with Gasteiger partial charge in [0, 0.05) is 19.6 Å². The quantitative estimate of drug-likeness (QED) is 0.730. The fourth-order valence-corrected chi connectivity index (χ4v) is 3.26. The van der Waals surface area contributed by atoms with Crippen molar-refractivity contribution in [3.05, 3.63) is 58.6 Å². The molecule has 2 aromatic carbocycles. The van der Waals surface area contributed by atoms with E-state index in [0.717, 1.165) is 17.7 Å². The SMILES string of the molecule is CN(C)CCN(Cc1ccccc1)C(=O)Cc1cc(Cl)c2c(c1)OCCO2. The molecule has 0 fully saturated rings. The van der Waals surface area contributed by atoms with Gasteiger partial charge >= 0.3 is 0 Å². The van der Waals surface area contributed by atoms with Crippen LogP contribution >= 0.6 is 11.6 Å². The van der Waals surface area contributed by atoms with Crippen LogP contribution in [0.15, 0.2) is 42.5 Å². The first-order valence-corrected chi connectivity index (χ1v) is 9.45. The fraction of sp³-hybridized carbons (Fsp3) is 0.381. The number of nitrogens with zero attached hydrogens (tertiary/aromatic N) is 2. The standard InChI is InChI=1S/C21H25ClN2O3/c1-23(2)8-9-24(15-16-6-4-3-5-7-16)20(25)14-17-12-18(22)21-19(13-17)26-10-11-27-21/h3-7,12-13H,8-11,14-15H2,1-2H3. The summed E-state index contributed by atoms with van der Waals surface area (Å²) in [5.41, 5.74) is 1.95. The third-order valence-corrected chi connectivity index (χ3v) is 4.68. The summed E-state index contributed by atoms with van der Waals surface area (Å²) in [6.07, 6.45) is 0.274. The lowest BCUT2D eigenvalue weighted by Crippen LogP contribution is -2.37. The lowest BCUT2D eigenvalue weighted by atomic mass is 10.1. The Labute approximate surface area is 165 Å². The van der Waals surface area contributed by atoms with Gasteiger partial charge in [0.15, 0.2) is 11.5 Å². The fourth-order valence-electron chi connectivity index (χ4n) is 2.97. The number of hydrogen-bond donors (Lipinski definition) is 0. The molecule has 2 aromatic rings. The zero-order chi connectivity index (χ0) is 19.2. The predicted octanol–water partition coefficient (Wildman–Crippen LogP) is 3.24. The van der Waals surface area contributed by atoms with Gasteiger partial charge in [-0.2, -0.15) is 0 Å². The molecule has 6 heteroatoms. The van der Waals surface area contributed by atoms with Crippen molar-refractivity contribution in [2.45, 2.75) is 13.0 Å². The van der Waals surface area contributed by atoms with Gasteiger partial charge in [0.1, 0.15) is 13.2 Å². The molecule has 0 N–H and O–H groups in total. The number of carbonyl (C=O) groups is 1. The monoisotopic (exact) mass is 388 g/mol. The van der Waals surface area contributed by atoms with Crippen LogP contribution in [0.1, 0.15) is 11.1 Å². The molecule has 1 amide bonds.